The van der Waals surface area contributed by atoms with Crippen molar-refractivity contribution in [2.24, 2.45) is 5.73 Å². The van der Waals surface area contributed by atoms with E-state index in [0.29, 0.717) is 6.04 Å². The summed E-state index contributed by atoms with van der Waals surface area (Å²) in [5.41, 5.74) is 7.45. The minimum Gasteiger partial charge on any atom is -0.328 e. The van der Waals surface area contributed by atoms with Crippen molar-refractivity contribution >= 4 is 11.8 Å². The number of hydrogen-bond donors (Lipinski definition) is 1. The van der Waals surface area contributed by atoms with E-state index in [9.17, 15) is 0 Å². The fourth-order valence-corrected chi connectivity index (χ4v) is 2.66. The maximum atomic E-state index is 6.01. The van der Waals surface area contributed by atoms with Crippen molar-refractivity contribution in [2.45, 2.75) is 56.9 Å². The molecule has 0 aromatic heterocycles. The lowest BCUT2D eigenvalue weighted by molar-refractivity contribution is 0.539. The second-order valence-electron chi connectivity index (χ2n) is 4.52. The molecular formula is C15H25NS. The number of thioether (sulfide) groups is 1. The molecule has 0 saturated carbocycles. The Kier molecular flexibility index (Phi) is 7.38. The lowest BCUT2D eigenvalue weighted by atomic mass is 10.0. The van der Waals surface area contributed by atoms with E-state index >= 15 is 0 Å². The predicted molar refractivity (Wildman–Crippen MR) is 78.7 cm³/mol. The molecule has 1 rings (SSSR count). The third-order valence-electron chi connectivity index (χ3n) is 2.93. The summed E-state index contributed by atoms with van der Waals surface area (Å²) in [7, 11) is 0. The fourth-order valence-electron chi connectivity index (χ4n) is 2.00. The molecular weight excluding hydrogens is 226 g/mol. The summed E-state index contributed by atoms with van der Waals surface area (Å²) in [5, 5.41) is 0. The van der Waals surface area contributed by atoms with Crippen molar-refractivity contribution < 1.29 is 0 Å². The van der Waals surface area contributed by atoms with Gasteiger partial charge in [-0.25, -0.2) is 0 Å². The zero-order valence-corrected chi connectivity index (χ0v) is 11.9. The van der Waals surface area contributed by atoms with Crippen molar-refractivity contribution in [1.82, 2.24) is 0 Å². The van der Waals surface area contributed by atoms with Crippen LogP contribution >= 0.6 is 11.8 Å². The highest BCUT2D eigenvalue weighted by Crippen LogP contribution is 2.18. The first-order valence-corrected chi connectivity index (χ1v) is 7.72. The standard InChI is InChI=1S/C15H25NS/c1-3-6-14(16)8-5-7-13-9-11-15(12-10-13)17-4-2/h9-12,14H,3-8,16H2,1-2H3. The van der Waals surface area contributed by atoms with Gasteiger partial charge in [0.1, 0.15) is 0 Å². The Morgan fingerprint density at radius 2 is 1.82 bits per heavy atom. The number of nitrogens with two attached hydrogens (primary N) is 1. The molecule has 0 spiro atoms. The van der Waals surface area contributed by atoms with Gasteiger partial charge in [0.25, 0.3) is 0 Å². The van der Waals surface area contributed by atoms with E-state index in [0.717, 1.165) is 25.0 Å². The summed E-state index contributed by atoms with van der Waals surface area (Å²) in [6.07, 6.45) is 5.88. The summed E-state index contributed by atoms with van der Waals surface area (Å²) in [6.45, 7) is 4.39. The summed E-state index contributed by atoms with van der Waals surface area (Å²) < 4.78 is 0. The van der Waals surface area contributed by atoms with E-state index in [-0.39, 0.29) is 0 Å². The fraction of sp³-hybridized carbons (Fsp3) is 0.600. The topological polar surface area (TPSA) is 26.0 Å². The molecule has 0 bridgehead atoms. The number of rotatable bonds is 8. The summed E-state index contributed by atoms with van der Waals surface area (Å²) in [6, 6.07) is 9.37. The Morgan fingerprint density at radius 3 is 2.41 bits per heavy atom. The van der Waals surface area contributed by atoms with Crippen LogP contribution in [0.1, 0.15) is 45.1 Å². The van der Waals surface area contributed by atoms with Crippen LogP contribution in [0.4, 0.5) is 0 Å². The quantitative estimate of drug-likeness (QED) is 0.699. The molecule has 2 N–H and O–H groups in total. The minimum absolute atomic E-state index is 0.398. The van der Waals surface area contributed by atoms with Crippen LogP contribution in [-0.4, -0.2) is 11.8 Å². The lowest BCUT2D eigenvalue weighted by Crippen LogP contribution is -2.19. The first kappa shape index (κ1) is 14.6. The van der Waals surface area contributed by atoms with Crippen molar-refractivity contribution in [1.29, 1.82) is 0 Å². The van der Waals surface area contributed by atoms with Crippen LogP contribution < -0.4 is 5.73 Å². The normalized spacial score (nSPS) is 12.6. The molecule has 0 saturated heterocycles. The van der Waals surface area contributed by atoms with E-state index in [1.807, 2.05) is 11.8 Å². The number of hydrogen-bond acceptors (Lipinski definition) is 2. The highest BCUT2D eigenvalue weighted by molar-refractivity contribution is 7.99. The molecule has 1 aromatic carbocycles. The highest BCUT2D eigenvalue weighted by Gasteiger charge is 2.01. The van der Waals surface area contributed by atoms with Gasteiger partial charge in [-0.05, 0) is 49.1 Å². The van der Waals surface area contributed by atoms with Gasteiger partial charge >= 0.3 is 0 Å². The third kappa shape index (κ3) is 6.13. The summed E-state index contributed by atoms with van der Waals surface area (Å²) in [4.78, 5) is 1.37. The van der Waals surface area contributed by atoms with Gasteiger partial charge in [0.15, 0.2) is 0 Å². The zero-order chi connectivity index (χ0) is 12.5. The Labute approximate surface area is 110 Å². The average molecular weight is 251 g/mol. The van der Waals surface area contributed by atoms with Crippen LogP contribution in [-0.2, 0) is 6.42 Å². The minimum atomic E-state index is 0.398. The van der Waals surface area contributed by atoms with Crippen molar-refractivity contribution in [2.75, 3.05) is 5.75 Å². The average Bonchev–Trinajstić information content (AvgIpc) is 2.32. The predicted octanol–water partition coefficient (Wildman–Crippen LogP) is 4.25. The van der Waals surface area contributed by atoms with Crippen LogP contribution in [0.25, 0.3) is 0 Å². The van der Waals surface area contributed by atoms with Crippen molar-refractivity contribution in [3.8, 4) is 0 Å². The van der Waals surface area contributed by atoms with Gasteiger partial charge in [0.2, 0.25) is 0 Å². The highest BCUT2D eigenvalue weighted by atomic mass is 32.2. The first-order valence-electron chi connectivity index (χ1n) is 6.73. The monoisotopic (exact) mass is 251 g/mol. The van der Waals surface area contributed by atoms with Gasteiger partial charge in [-0.15, -0.1) is 11.8 Å². The van der Waals surface area contributed by atoms with Crippen LogP contribution in [0.5, 0.6) is 0 Å². The van der Waals surface area contributed by atoms with Crippen LogP contribution in [0.3, 0.4) is 0 Å². The molecule has 0 radical (unpaired) electrons. The van der Waals surface area contributed by atoms with E-state index in [1.165, 1.54) is 23.3 Å². The summed E-state index contributed by atoms with van der Waals surface area (Å²) >= 11 is 1.90. The SMILES string of the molecule is CCCC(N)CCCc1ccc(SCC)cc1. The van der Waals surface area contributed by atoms with Crippen LogP contribution in [0.2, 0.25) is 0 Å². The smallest absolute Gasteiger partial charge is 0.00720 e. The number of aryl methyl sites for hydroxylation is 1. The molecule has 96 valence electrons. The molecule has 1 unspecified atom stereocenters. The molecule has 0 fully saturated rings. The molecule has 0 aliphatic rings. The number of benzene rings is 1. The molecule has 17 heavy (non-hydrogen) atoms. The first-order chi connectivity index (χ1) is 8.26. The van der Waals surface area contributed by atoms with Crippen LogP contribution in [0.15, 0.2) is 29.2 Å². The molecule has 1 aromatic rings. The second kappa shape index (κ2) is 8.60. The summed E-state index contributed by atoms with van der Waals surface area (Å²) in [5.74, 6) is 1.14. The van der Waals surface area contributed by atoms with Gasteiger partial charge in [-0.3, -0.25) is 0 Å². The lowest BCUT2D eigenvalue weighted by Gasteiger charge is -2.09. The molecule has 0 heterocycles. The molecule has 1 nitrogen and oxygen atoms in total. The molecule has 1 atom stereocenters. The van der Waals surface area contributed by atoms with E-state index in [1.54, 1.807) is 0 Å². The Morgan fingerprint density at radius 1 is 1.12 bits per heavy atom. The molecule has 0 amide bonds. The zero-order valence-electron chi connectivity index (χ0n) is 11.1. The van der Waals surface area contributed by atoms with Gasteiger partial charge < -0.3 is 5.73 Å². The van der Waals surface area contributed by atoms with E-state index in [2.05, 4.69) is 38.1 Å². The molecule has 0 aliphatic carbocycles. The van der Waals surface area contributed by atoms with Gasteiger partial charge in [-0.1, -0.05) is 32.4 Å². The third-order valence-corrected chi connectivity index (χ3v) is 3.83. The second-order valence-corrected chi connectivity index (χ2v) is 5.86. The largest absolute Gasteiger partial charge is 0.328 e. The van der Waals surface area contributed by atoms with Crippen molar-refractivity contribution in [3.63, 3.8) is 0 Å². The maximum absolute atomic E-state index is 6.01. The van der Waals surface area contributed by atoms with E-state index < -0.39 is 0 Å². The Hall–Kier alpha value is -0.470. The van der Waals surface area contributed by atoms with E-state index in [4.69, 9.17) is 5.73 Å². The van der Waals surface area contributed by atoms with Gasteiger partial charge in [0.05, 0.1) is 0 Å². The maximum Gasteiger partial charge on any atom is 0.00720 e. The van der Waals surface area contributed by atoms with Crippen LogP contribution in [0, 0.1) is 0 Å². The molecule has 0 aliphatic heterocycles. The Balaban J connectivity index is 2.27. The van der Waals surface area contributed by atoms with Gasteiger partial charge in [0, 0.05) is 10.9 Å². The Bertz CT molecular complexity index is 294. The molecule has 2 heteroatoms. The van der Waals surface area contributed by atoms with Gasteiger partial charge in [-0.2, -0.15) is 0 Å². The van der Waals surface area contributed by atoms with Crippen molar-refractivity contribution in [3.05, 3.63) is 29.8 Å².